The molecular weight excluding hydrogens is 309 g/mol. The molecule has 0 radical (unpaired) electrons. The van der Waals surface area contributed by atoms with E-state index < -0.39 is 11.6 Å². The number of aromatic nitrogens is 1. The zero-order chi connectivity index (χ0) is 13.4. The van der Waals surface area contributed by atoms with Crippen molar-refractivity contribution in [1.82, 2.24) is 4.98 Å². The lowest BCUT2D eigenvalue weighted by atomic mass is 9.68. The number of hydrogen-bond donors (Lipinski definition) is 1. The van der Waals surface area contributed by atoms with Crippen LogP contribution in [0.1, 0.15) is 24.8 Å². The minimum Gasteiger partial charge on any atom is -0.369 e. The average Bonchev–Trinajstić information content (AvgIpc) is 2.19. The molecule has 0 spiro atoms. The van der Waals surface area contributed by atoms with Crippen LogP contribution in [0.2, 0.25) is 0 Å². The first-order chi connectivity index (χ1) is 8.34. The summed E-state index contributed by atoms with van der Waals surface area (Å²) in [5, 5.41) is 2.81. The van der Waals surface area contributed by atoms with Crippen LogP contribution in [0.25, 0.3) is 0 Å². The molecule has 0 bridgehead atoms. The second kappa shape index (κ2) is 4.72. The van der Waals surface area contributed by atoms with E-state index in [4.69, 9.17) is 0 Å². The summed E-state index contributed by atoms with van der Waals surface area (Å²) in [5.74, 6) is 0.492. The number of anilines is 1. The van der Waals surface area contributed by atoms with Gasteiger partial charge in [-0.1, -0.05) is 6.42 Å². The van der Waals surface area contributed by atoms with Crippen LogP contribution < -0.4 is 5.32 Å². The molecule has 18 heavy (non-hydrogen) atoms. The lowest BCUT2D eigenvalue weighted by Gasteiger charge is -2.43. The lowest BCUT2D eigenvalue weighted by molar-refractivity contribution is -0.244. The van der Waals surface area contributed by atoms with E-state index in [2.05, 4.69) is 26.2 Å². The fourth-order valence-electron chi connectivity index (χ4n) is 2.06. The van der Waals surface area contributed by atoms with Crippen molar-refractivity contribution in [1.29, 1.82) is 0 Å². The van der Waals surface area contributed by atoms with E-state index >= 15 is 0 Å². The molecule has 1 aromatic rings. The fraction of sp³-hybridized carbons (Fsp3) is 0.583. The van der Waals surface area contributed by atoms with Gasteiger partial charge in [0.05, 0.1) is 5.41 Å². The maximum atomic E-state index is 12.9. The lowest BCUT2D eigenvalue weighted by Crippen LogP contribution is -2.48. The van der Waals surface area contributed by atoms with Gasteiger partial charge in [-0.15, -0.1) is 0 Å². The highest BCUT2D eigenvalue weighted by atomic mass is 79.9. The van der Waals surface area contributed by atoms with Crippen LogP contribution >= 0.6 is 15.9 Å². The first-order valence-corrected chi connectivity index (χ1v) is 6.56. The minimum absolute atomic E-state index is 0.0927. The number of alkyl halides is 3. The van der Waals surface area contributed by atoms with Crippen molar-refractivity contribution in [2.75, 3.05) is 11.9 Å². The Bertz CT molecular complexity index is 441. The van der Waals surface area contributed by atoms with Crippen LogP contribution in [0.4, 0.5) is 19.0 Å². The standard InChI is InChI=1S/C12H14BrF3N2/c1-8-5-10(17-6-9(8)13)18-7-11(3-2-4-11)12(14,15)16/h5-6H,2-4,7H2,1H3,(H,17,18). The number of aryl methyl sites for hydroxylation is 1. The second-order valence-corrected chi connectivity index (χ2v) is 5.66. The fourth-order valence-corrected chi connectivity index (χ4v) is 2.28. The summed E-state index contributed by atoms with van der Waals surface area (Å²) in [6.07, 6.45) is -1.48. The number of pyridine rings is 1. The summed E-state index contributed by atoms with van der Waals surface area (Å²) >= 11 is 3.31. The maximum Gasteiger partial charge on any atom is 0.396 e. The van der Waals surface area contributed by atoms with E-state index in [9.17, 15) is 13.2 Å². The van der Waals surface area contributed by atoms with Gasteiger partial charge < -0.3 is 5.32 Å². The van der Waals surface area contributed by atoms with E-state index in [0.717, 1.165) is 10.0 Å². The highest BCUT2D eigenvalue weighted by Gasteiger charge is 2.57. The molecule has 1 heterocycles. The van der Waals surface area contributed by atoms with Crippen LogP contribution in [0.3, 0.4) is 0 Å². The van der Waals surface area contributed by atoms with Gasteiger partial charge >= 0.3 is 6.18 Å². The predicted molar refractivity (Wildman–Crippen MR) is 67.5 cm³/mol. The third-order valence-electron chi connectivity index (χ3n) is 3.57. The van der Waals surface area contributed by atoms with E-state index in [1.165, 1.54) is 0 Å². The summed E-state index contributed by atoms with van der Waals surface area (Å²) in [4.78, 5) is 4.06. The number of hydrogen-bond acceptors (Lipinski definition) is 2. The van der Waals surface area contributed by atoms with Crippen LogP contribution in [0.15, 0.2) is 16.7 Å². The van der Waals surface area contributed by atoms with Gasteiger partial charge in [0.1, 0.15) is 5.82 Å². The molecule has 1 N–H and O–H groups in total. The summed E-state index contributed by atoms with van der Waals surface area (Å²) in [5.41, 5.74) is -0.613. The Morgan fingerprint density at radius 1 is 1.44 bits per heavy atom. The normalized spacial score (nSPS) is 18.3. The molecule has 100 valence electrons. The second-order valence-electron chi connectivity index (χ2n) is 4.80. The first-order valence-electron chi connectivity index (χ1n) is 5.77. The van der Waals surface area contributed by atoms with Crippen LogP contribution in [0.5, 0.6) is 0 Å². The highest BCUT2D eigenvalue weighted by molar-refractivity contribution is 9.10. The Hall–Kier alpha value is -0.780. The van der Waals surface area contributed by atoms with Crippen LogP contribution in [-0.4, -0.2) is 17.7 Å². The molecule has 0 unspecified atom stereocenters. The smallest absolute Gasteiger partial charge is 0.369 e. The third kappa shape index (κ3) is 2.48. The van der Waals surface area contributed by atoms with Gasteiger partial charge in [0.15, 0.2) is 0 Å². The van der Waals surface area contributed by atoms with Gasteiger partial charge in [-0.3, -0.25) is 0 Å². The maximum absolute atomic E-state index is 12.9. The SMILES string of the molecule is Cc1cc(NCC2(C(F)(F)F)CCC2)ncc1Br. The molecular formula is C12H14BrF3N2. The van der Waals surface area contributed by atoms with E-state index in [0.29, 0.717) is 12.2 Å². The van der Waals surface area contributed by atoms with Gasteiger partial charge in [0.25, 0.3) is 0 Å². The Kier molecular flexibility index (Phi) is 3.58. The van der Waals surface area contributed by atoms with Crippen molar-refractivity contribution in [3.8, 4) is 0 Å². The van der Waals surface area contributed by atoms with Gasteiger partial charge in [-0.25, -0.2) is 4.98 Å². The van der Waals surface area contributed by atoms with Gasteiger partial charge in [-0.2, -0.15) is 13.2 Å². The average molecular weight is 323 g/mol. The molecule has 2 nitrogen and oxygen atoms in total. The quantitative estimate of drug-likeness (QED) is 0.897. The largest absolute Gasteiger partial charge is 0.396 e. The monoisotopic (exact) mass is 322 g/mol. The Morgan fingerprint density at radius 3 is 2.56 bits per heavy atom. The Balaban J connectivity index is 2.04. The molecule has 0 atom stereocenters. The van der Waals surface area contributed by atoms with Crippen molar-refractivity contribution in [3.63, 3.8) is 0 Å². The summed E-state index contributed by atoms with van der Waals surface area (Å²) < 4.78 is 39.7. The van der Waals surface area contributed by atoms with E-state index in [1.807, 2.05) is 6.92 Å². The molecule has 0 aliphatic heterocycles. The predicted octanol–water partition coefficient (Wildman–Crippen LogP) is 4.30. The molecule has 2 rings (SSSR count). The van der Waals surface area contributed by atoms with Gasteiger partial charge in [-0.05, 0) is 47.3 Å². The summed E-state index contributed by atoms with van der Waals surface area (Å²) in [6.45, 7) is 1.78. The van der Waals surface area contributed by atoms with Crippen molar-refractivity contribution >= 4 is 21.7 Å². The molecule has 6 heteroatoms. The number of nitrogens with zero attached hydrogens (tertiary/aromatic N) is 1. The first kappa shape index (κ1) is 13.6. The van der Waals surface area contributed by atoms with E-state index in [-0.39, 0.29) is 19.4 Å². The Labute approximate surface area is 112 Å². The molecule has 1 aliphatic rings. The zero-order valence-electron chi connectivity index (χ0n) is 9.94. The number of nitrogens with one attached hydrogen (secondary N) is 1. The van der Waals surface area contributed by atoms with Crippen molar-refractivity contribution in [2.24, 2.45) is 5.41 Å². The molecule has 1 saturated carbocycles. The topological polar surface area (TPSA) is 24.9 Å². The van der Waals surface area contributed by atoms with Crippen LogP contribution in [-0.2, 0) is 0 Å². The zero-order valence-corrected chi connectivity index (χ0v) is 11.5. The van der Waals surface area contributed by atoms with Crippen LogP contribution in [0, 0.1) is 12.3 Å². The molecule has 1 fully saturated rings. The van der Waals surface area contributed by atoms with Gasteiger partial charge in [0.2, 0.25) is 0 Å². The highest BCUT2D eigenvalue weighted by Crippen LogP contribution is 2.52. The summed E-state index contributed by atoms with van der Waals surface area (Å²) in [6, 6.07) is 1.74. The third-order valence-corrected chi connectivity index (χ3v) is 4.40. The molecule has 0 aromatic carbocycles. The van der Waals surface area contributed by atoms with Gasteiger partial charge in [0, 0.05) is 17.2 Å². The summed E-state index contributed by atoms with van der Waals surface area (Å²) in [7, 11) is 0. The Morgan fingerprint density at radius 2 is 2.11 bits per heavy atom. The molecule has 1 aromatic heterocycles. The minimum atomic E-state index is -4.14. The number of halogens is 4. The van der Waals surface area contributed by atoms with Crippen molar-refractivity contribution < 1.29 is 13.2 Å². The molecule has 1 aliphatic carbocycles. The molecule has 0 saturated heterocycles. The number of rotatable bonds is 3. The van der Waals surface area contributed by atoms with E-state index in [1.54, 1.807) is 12.3 Å². The van der Waals surface area contributed by atoms with Crippen molar-refractivity contribution in [2.45, 2.75) is 32.4 Å². The molecule has 0 amide bonds. The van der Waals surface area contributed by atoms with Crippen molar-refractivity contribution in [3.05, 3.63) is 22.3 Å².